The quantitative estimate of drug-likeness (QED) is 0.258. The van der Waals surface area contributed by atoms with Crippen molar-refractivity contribution in [3.05, 3.63) is 41.0 Å². The van der Waals surface area contributed by atoms with Crippen LogP contribution in [0.1, 0.15) is 16.7 Å². The molecule has 1 aromatic carbocycles. The second-order valence-corrected chi connectivity index (χ2v) is 3.46. The summed E-state index contributed by atoms with van der Waals surface area (Å²) in [6, 6.07) is 2.90. The van der Waals surface area contributed by atoms with Gasteiger partial charge in [0.1, 0.15) is 0 Å². The number of hydrogen-bond donors (Lipinski definition) is 3. The number of aliphatic carboxylic acids is 1. The van der Waals surface area contributed by atoms with E-state index in [-0.39, 0.29) is 11.1 Å². The maximum absolute atomic E-state index is 12.8. The molecule has 0 heterocycles. The van der Waals surface area contributed by atoms with Gasteiger partial charge in [-0.3, -0.25) is 0 Å². The lowest BCUT2D eigenvalue weighted by atomic mass is 10.0. The van der Waals surface area contributed by atoms with Gasteiger partial charge in [0.2, 0.25) is 0 Å². The smallest absolute Gasteiger partial charge is 0.417 e. The lowest BCUT2D eigenvalue weighted by Crippen LogP contribution is -2.16. The van der Waals surface area contributed by atoms with Crippen LogP contribution in [0.2, 0.25) is 0 Å². The van der Waals surface area contributed by atoms with Gasteiger partial charge in [-0.25, -0.2) is 4.79 Å². The minimum absolute atomic E-state index is 0.123. The number of rotatable bonds is 3. The predicted molar refractivity (Wildman–Crippen MR) is 60.6 cm³/mol. The number of carboxylic acids is 1. The summed E-state index contributed by atoms with van der Waals surface area (Å²) < 4.78 is 38.4. The molecule has 0 aliphatic rings. The zero-order valence-corrected chi connectivity index (χ0v) is 9.35. The van der Waals surface area contributed by atoms with Crippen molar-refractivity contribution in [3.8, 4) is 0 Å². The molecule has 4 N–H and O–H groups in total. The van der Waals surface area contributed by atoms with Crippen LogP contribution < -0.4 is 5.73 Å². The fraction of sp³-hybridized carbons (Fsp3) is 0.0909. The van der Waals surface area contributed by atoms with E-state index in [4.69, 9.17) is 16.0 Å². The average molecular weight is 274 g/mol. The number of oxime groups is 1. The second kappa shape index (κ2) is 5.42. The minimum atomic E-state index is -4.69. The predicted octanol–water partition coefficient (Wildman–Crippen LogP) is 1.90. The van der Waals surface area contributed by atoms with Gasteiger partial charge in [0.05, 0.1) is 5.56 Å². The Morgan fingerprint density at radius 3 is 2.47 bits per heavy atom. The normalized spacial score (nSPS) is 12.9. The number of benzene rings is 1. The Labute approximate surface area is 105 Å². The highest BCUT2D eigenvalue weighted by atomic mass is 19.4. The first-order valence-corrected chi connectivity index (χ1v) is 4.86. The van der Waals surface area contributed by atoms with Gasteiger partial charge in [-0.05, 0) is 17.7 Å². The molecule has 0 aromatic heterocycles. The molecule has 0 spiro atoms. The molecule has 8 heteroatoms. The molecule has 0 radical (unpaired) electrons. The number of nitrogens with two attached hydrogens (primary N) is 1. The summed E-state index contributed by atoms with van der Waals surface area (Å²) in [5.74, 6) is -1.84. The van der Waals surface area contributed by atoms with Gasteiger partial charge in [-0.15, -0.1) is 0 Å². The van der Waals surface area contributed by atoms with Gasteiger partial charge in [-0.2, -0.15) is 13.2 Å². The summed E-state index contributed by atoms with van der Waals surface area (Å²) in [5.41, 5.74) is 3.67. The highest BCUT2D eigenvalue weighted by Gasteiger charge is 2.33. The van der Waals surface area contributed by atoms with E-state index in [0.29, 0.717) is 12.1 Å². The van der Waals surface area contributed by atoms with E-state index in [2.05, 4.69) is 5.16 Å². The Bertz CT molecular complexity index is 551. The van der Waals surface area contributed by atoms with E-state index < -0.39 is 23.5 Å². The van der Waals surface area contributed by atoms with Gasteiger partial charge in [0.25, 0.3) is 0 Å². The number of amidine groups is 1. The van der Waals surface area contributed by atoms with Crippen molar-refractivity contribution in [1.82, 2.24) is 0 Å². The van der Waals surface area contributed by atoms with E-state index >= 15 is 0 Å². The summed E-state index contributed by atoms with van der Waals surface area (Å²) in [7, 11) is 0. The summed E-state index contributed by atoms with van der Waals surface area (Å²) in [6.45, 7) is 0. The second-order valence-electron chi connectivity index (χ2n) is 3.46. The number of nitrogens with zero attached hydrogens (tertiary/aromatic N) is 1. The number of halogens is 3. The molecule has 0 amide bonds. The first kappa shape index (κ1) is 14.6. The Morgan fingerprint density at radius 1 is 1.37 bits per heavy atom. The van der Waals surface area contributed by atoms with Crippen molar-refractivity contribution < 1.29 is 28.3 Å². The van der Waals surface area contributed by atoms with E-state index in [1.54, 1.807) is 0 Å². The van der Waals surface area contributed by atoms with Crippen LogP contribution in [0.5, 0.6) is 0 Å². The Balaban J connectivity index is 3.37. The van der Waals surface area contributed by atoms with Gasteiger partial charge in [-0.1, -0.05) is 17.3 Å². The van der Waals surface area contributed by atoms with Crippen molar-refractivity contribution in [2.45, 2.75) is 6.18 Å². The molecule has 0 aliphatic heterocycles. The van der Waals surface area contributed by atoms with E-state index in [1.807, 2.05) is 0 Å². The fourth-order valence-corrected chi connectivity index (χ4v) is 1.33. The first-order valence-electron chi connectivity index (χ1n) is 4.86. The van der Waals surface area contributed by atoms with Crippen LogP contribution in [0.25, 0.3) is 6.08 Å². The highest BCUT2D eigenvalue weighted by Crippen LogP contribution is 2.33. The Hall–Kier alpha value is -2.51. The third-order valence-electron chi connectivity index (χ3n) is 2.17. The molecule has 0 atom stereocenters. The number of hydrogen-bond acceptors (Lipinski definition) is 3. The Morgan fingerprint density at radius 2 is 2.00 bits per heavy atom. The molecule has 1 rings (SSSR count). The number of carbonyl (C=O) groups is 1. The van der Waals surface area contributed by atoms with Gasteiger partial charge in [0, 0.05) is 11.6 Å². The highest BCUT2D eigenvalue weighted by molar-refractivity contribution is 5.97. The average Bonchev–Trinajstić information content (AvgIpc) is 2.34. The van der Waals surface area contributed by atoms with E-state index in [9.17, 15) is 18.0 Å². The number of carboxylic acid groups (broad SMARTS) is 1. The zero-order chi connectivity index (χ0) is 14.6. The number of alkyl halides is 3. The maximum atomic E-state index is 12.8. The third kappa shape index (κ3) is 3.73. The van der Waals surface area contributed by atoms with Crippen molar-refractivity contribution in [2.75, 3.05) is 0 Å². The lowest BCUT2D eigenvalue weighted by molar-refractivity contribution is -0.138. The van der Waals surface area contributed by atoms with E-state index in [0.717, 1.165) is 12.1 Å². The summed E-state index contributed by atoms with van der Waals surface area (Å²) in [6.07, 6.45) is -3.28. The molecule has 5 nitrogen and oxygen atoms in total. The molecule has 19 heavy (non-hydrogen) atoms. The molecule has 0 aliphatic carbocycles. The molecule has 0 fully saturated rings. The molecule has 0 bridgehead atoms. The summed E-state index contributed by atoms with van der Waals surface area (Å²) >= 11 is 0. The van der Waals surface area contributed by atoms with E-state index in [1.165, 1.54) is 6.07 Å². The lowest BCUT2D eigenvalue weighted by Gasteiger charge is -2.11. The van der Waals surface area contributed by atoms with Crippen LogP contribution in [0.4, 0.5) is 13.2 Å². The molecule has 0 unspecified atom stereocenters. The molecular formula is C11H9F3N2O3. The van der Waals surface area contributed by atoms with Crippen LogP contribution in [-0.4, -0.2) is 22.1 Å². The Kier molecular flexibility index (Phi) is 4.15. The zero-order valence-electron chi connectivity index (χ0n) is 9.35. The van der Waals surface area contributed by atoms with Crippen LogP contribution in [0.3, 0.4) is 0 Å². The maximum Gasteiger partial charge on any atom is 0.417 e. The first-order chi connectivity index (χ1) is 8.75. The van der Waals surface area contributed by atoms with Crippen molar-refractivity contribution in [2.24, 2.45) is 10.9 Å². The SMILES string of the molecule is N/C(=N/O)c1ccc(/C=C/C(=O)O)c(C(F)(F)F)c1. The fourth-order valence-electron chi connectivity index (χ4n) is 1.33. The van der Waals surface area contributed by atoms with Crippen molar-refractivity contribution in [3.63, 3.8) is 0 Å². The molecular weight excluding hydrogens is 265 g/mol. The molecule has 0 saturated heterocycles. The molecule has 0 saturated carbocycles. The molecule has 1 aromatic rings. The van der Waals surface area contributed by atoms with Crippen LogP contribution in [0, 0.1) is 0 Å². The third-order valence-corrected chi connectivity index (χ3v) is 2.17. The van der Waals surface area contributed by atoms with Crippen LogP contribution in [-0.2, 0) is 11.0 Å². The minimum Gasteiger partial charge on any atom is -0.478 e. The van der Waals surface area contributed by atoms with Gasteiger partial charge in [0.15, 0.2) is 5.84 Å². The standard InChI is InChI=1S/C11H9F3N2O3/c12-11(13,14)8-5-7(10(15)16-19)2-1-6(8)3-4-9(17)18/h1-5,19H,(H2,15,16)(H,17,18)/b4-3+. The summed E-state index contributed by atoms with van der Waals surface area (Å²) in [5, 5.41) is 19.4. The van der Waals surface area contributed by atoms with Crippen molar-refractivity contribution >= 4 is 17.9 Å². The summed E-state index contributed by atoms with van der Waals surface area (Å²) in [4.78, 5) is 10.3. The van der Waals surface area contributed by atoms with Gasteiger partial charge < -0.3 is 16.0 Å². The van der Waals surface area contributed by atoms with Crippen molar-refractivity contribution in [1.29, 1.82) is 0 Å². The van der Waals surface area contributed by atoms with Crippen LogP contribution in [0.15, 0.2) is 29.4 Å². The topological polar surface area (TPSA) is 95.9 Å². The molecule has 102 valence electrons. The van der Waals surface area contributed by atoms with Crippen LogP contribution >= 0.6 is 0 Å². The monoisotopic (exact) mass is 274 g/mol. The van der Waals surface area contributed by atoms with Gasteiger partial charge >= 0.3 is 12.1 Å². The largest absolute Gasteiger partial charge is 0.478 e.